The maximum atomic E-state index is 12.5. The molecule has 2 aromatic carbocycles. The van der Waals surface area contributed by atoms with Crippen LogP contribution in [-0.4, -0.2) is 12.3 Å². The van der Waals surface area contributed by atoms with Crippen molar-refractivity contribution in [3.05, 3.63) is 63.7 Å². The molecule has 1 amide bonds. The van der Waals surface area contributed by atoms with Crippen molar-refractivity contribution in [1.82, 2.24) is 5.32 Å². The molecule has 4 rings (SSSR count). The van der Waals surface area contributed by atoms with Gasteiger partial charge in [-0.1, -0.05) is 53.7 Å². The molecule has 140 valence electrons. The van der Waals surface area contributed by atoms with Crippen LogP contribution in [0.2, 0.25) is 5.02 Å². The van der Waals surface area contributed by atoms with E-state index in [1.165, 1.54) is 12.1 Å². The molecule has 0 spiro atoms. The summed E-state index contributed by atoms with van der Waals surface area (Å²) in [6.45, 7) is 0. The second-order valence-electron chi connectivity index (χ2n) is 6.00. The number of benzene rings is 2. The zero-order valence-electron chi connectivity index (χ0n) is 13.6. The number of fused-ring (bicyclic) bond motifs is 1. The van der Waals surface area contributed by atoms with Gasteiger partial charge in [0.1, 0.15) is 5.75 Å². The van der Waals surface area contributed by atoms with E-state index in [1.54, 1.807) is 0 Å². The van der Waals surface area contributed by atoms with Gasteiger partial charge in [0, 0.05) is 17.0 Å². The molecule has 2 heterocycles. The van der Waals surface area contributed by atoms with E-state index in [0.29, 0.717) is 27.6 Å². The number of hydrogen-bond donors (Lipinski definition) is 2. The van der Waals surface area contributed by atoms with Gasteiger partial charge in [0.25, 0.3) is 5.91 Å². The molecule has 27 heavy (non-hydrogen) atoms. The van der Waals surface area contributed by atoms with Crippen LogP contribution in [0.5, 0.6) is 5.75 Å². The molecule has 0 fully saturated rings. The highest BCUT2D eigenvalue weighted by atomic mass is 35.5. The molecular formula is C18H12ClF3N2O2S. The third-order valence-electron chi connectivity index (χ3n) is 4.15. The van der Waals surface area contributed by atoms with Crippen molar-refractivity contribution in [2.45, 2.75) is 23.7 Å². The summed E-state index contributed by atoms with van der Waals surface area (Å²) in [6.07, 6.45) is -4.31. The maximum absolute atomic E-state index is 12.5. The Labute approximate surface area is 161 Å². The fraction of sp³-hybridized carbons (Fsp3) is 0.167. The third-order valence-corrected chi connectivity index (χ3v) is 5.64. The number of nitrogens with one attached hydrogen (secondary N) is 2. The molecule has 2 aliphatic heterocycles. The van der Waals surface area contributed by atoms with Crippen molar-refractivity contribution >= 4 is 35.0 Å². The van der Waals surface area contributed by atoms with E-state index in [2.05, 4.69) is 15.4 Å². The second-order valence-corrected chi connectivity index (χ2v) is 7.46. The predicted molar refractivity (Wildman–Crippen MR) is 96.6 cm³/mol. The average molecular weight is 413 g/mol. The fourth-order valence-corrected chi connectivity index (χ4v) is 4.22. The molecular weight excluding hydrogens is 401 g/mol. The van der Waals surface area contributed by atoms with Crippen LogP contribution in [0, 0.1) is 0 Å². The van der Waals surface area contributed by atoms with E-state index in [4.69, 9.17) is 11.6 Å². The van der Waals surface area contributed by atoms with Crippen LogP contribution in [0.1, 0.15) is 18.0 Å². The quantitative estimate of drug-likeness (QED) is 0.709. The number of amides is 1. The minimum absolute atomic E-state index is 0.164. The van der Waals surface area contributed by atoms with Gasteiger partial charge in [0.15, 0.2) is 0 Å². The molecule has 0 saturated carbocycles. The Balaban J connectivity index is 1.63. The Hall–Kier alpha value is -2.32. The first-order valence-corrected chi connectivity index (χ1v) is 9.13. The van der Waals surface area contributed by atoms with Crippen molar-refractivity contribution in [3.63, 3.8) is 0 Å². The summed E-state index contributed by atoms with van der Waals surface area (Å²) in [4.78, 5) is 13.4. The number of carbonyl (C=O) groups is 1. The van der Waals surface area contributed by atoms with Gasteiger partial charge >= 0.3 is 6.36 Å². The van der Waals surface area contributed by atoms with Crippen molar-refractivity contribution in [1.29, 1.82) is 0 Å². The number of alkyl halides is 3. The molecule has 0 bridgehead atoms. The molecule has 0 aromatic heterocycles. The molecule has 4 nitrogen and oxygen atoms in total. The van der Waals surface area contributed by atoms with Gasteiger partial charge in [-0.05, 0) is 17.7 Å². The van der Waals surface area contributed by atoms with E-state index < -0.39 is 12.1 Å². The molecule has 2 aliphatic rings. The van der Waals surface area contributed by atoms with Crippen molar-refractivity contribution in [2.24, 2.45) is 0 Å². The second kappa shape index (κ2) is 6.69. The van der Waals surface area contributed by atoms with Crippen LogP contribution in [0.25, 0.3) is 0 Å². The Morgan fingerprint density at radius 1 is 1.19 bits per heavy atom. The highest BCUT2D eigenvalue weighted by molar-refractivity contribution is 8.04. The van der Waals surface area contributed by atoms with E-state index in [1.807, 2.05) is 30.3 Å². The average Bonchev–Trinajstić information content (AvgIpc) is 2.61. The number of halogens is 4. The summed E-state index contributed by atoms with van der Waals surface area (Å²) >= 11 is 7.02. The lowest BCUT2D eigenvalue weighted by atomic mass is 9.98. The first-order chi connectivity index (χ1) is 12.8. The van der Waals surface area contributed by atoms with Gasteiger partial charge in [-0.25, -0.2) is 0 Å². The minimum Gasteiger partial charge on any atom is -0.404 e. The predicted octanol–water partition coefficient (Wildman–Crippen LogP) is 5.23. The largest absolute Gasteiger partial charge is 0.573 e. The number of hydrogen-bond acceptors (Lipinski definition) is 4. The number of carbonyl (C=O) groups excluding carboxylic acids is 1. The first kappa shape index (κ1) is 18.1. The highest BCUT2D eigenvalue weighted by Crippen LogP contribution is 2.47. The van der Waals surface area contributed by atoms with E-state index in [9.17, 15) is 18.0 Å². The van der Waals surface area contributed by atoms with Gasteiger partial charge < -0.3 is 15.4 Å². The zero-order valence-corrected chi connectivity index (χ0v) is 15.1. The Morgan fingerprint density at radius 3 is 2.63 bits per heavy atom. The van der Waals surface area contributed by atoms with Crippen LogP contribution in [0.15, 0.2) is 58.0 Å². The summed E-state index contributed by atoms with van der Waals surface area (Å²) < 4.78 is 41.5. The van der Waals surface area contributed by atoms with Crippen LogP contribution < -0.4 is 15.4 Å². The molecule has 1 atom stereocenters. The molecule has 0 aliphatic carbocycles. The smallest absolute Gasteiger partial charge is 0.404 e. The molecule has 0 radical (unpaired) electrons. The first-order valence-electron chi connectivity index (χ1n) is 7.93. The van der Waals surface area contributed by atoms with Crippen molar-refractivity contribution < 1.29 is 22.7 Å². The Kier molecular flexibility index (Phi) is 4.47. The zero-order chi connectivity index (χ0) is 19.2. The van der Waals surface area contributed by atoms with E-state index >= 15 is 0 Å². The standard InChI is InChI=1S/C18H12ClF3N2O2S/c19-10-6-12-15(8-14(10)26-18(20,21)22)27-16-13(23-12)7-11(24-17(16)25)9-4-2-1-3-5-9/h1-6,8,11,23H,7H2,(H,24,25). The molecule has 2 aromatic rings. The number of anilines is 1. The van der Waals surface area contributed by atoms with Gasteiger partial charge in [-0.15, -0.1) is 13.2 Å². The number of thioether (sulfide) groups is 1. The Bertz CT molecular complexity index is 948. The van der Waals surface area contributed by atoms with Crippen LogP contribution in [0.4, 0.5) is 18.9 Å². The van der Waals surface area contributed by atoms with Crippen molar-refractivity contribution in [3.8, 4) is 5.75 Å². The molecule has 9 heteroatoms. The summed E-state index contributed by atoms with van der Waals surface area (Å²) in [5.74, 6) is -0.777. The van der Waals surface area contributed by atoms with Crippen LogP contribution >= 0.6 is 23.4 Å². The van der Waals surface area contributed by atoms with Gasteiger partial charge in [0.05, 0.1) is 21.7 Å². The van der Waals surface area contributed by atoms with Crippen LogP contribution in [0.3, 0.4) is 0 Å². The van der Waals surface area contributed by atoms with E-state index in [0.717, 1.165) is 17.3 Å². The third kappa shape index (κ3) is 3.72. The highest BCUT2D eigenvalue weighted by Gasteiger charge is 2.35. The van der Waals surface area contributed by atoms with Crippen molar-refractivity contribution in [2.75, 3.05) is 5.32 Å². The topological polar surface area (TPSA) is 50.4 Å². The fourth-order valence-electron chi connectivity index (χ4n) is 3.00. The SMILES string of the molecule is O=C1NC(c2ccccc2)CC2=C1Sc1cc(OC(F)(F)F)c(Cl)cc1N2. The molecule has 2 N–H and O–H groups in total. The lowest BCUT2D eigenvalue weighted by molar-refractivity contribution is -0.274. The summed E-state index contributed by atoms with van der Waals surface area (Å²) in [5.41, 5.74) is 2.23. The van der Waals surface area contributed by atoms with Gasteiger partial charge in [0.2, 0.25) is 0 Å². The van der Waals surface area contributed by atoms with Gasteiger partial charge in [-0.2, -0.15) is 0 Å². The number of ether oxygens (including phenoxy) is 1. The lowest BCUT2D eigenvalue weighted by Gasteiger charge is -2.32. The summed E-state index contributed by atoms with van der Waals surface area (Å²) in [6, 6.07) is 11.9. The van der Waals surface area contributed by atoms with Crippen LogP contribution in [-0.2, 0) is 4.79 Å². The van der Waals surface area contributed by atoms with Gasteiger partial charge in [-0.3, -0.25) is 4.79 Å². The lowest BCUT2D eigenvalue weighted by Crippen LogP contribution is -2.36. The minimum atomic E-state index is -4.85. The summed E-state index contributed by atoms with van der Waals surface area (Å²) in [5, 5.41) is 5.90. The monoisotopic (exact) mass is 412 g/mol. The van der Waals surface area contributed by atoms with E-state index in [-0.39, 0.29) is 17.0 Å². The molecule has 1 unspecified atom stereocenters. The Morgan fingerprint density at radius 2 is 1.93 bits per heavy atom. The number of rotatable bonds is 2. The molecule has 0 saturated heterocycles. The normalized spacial score (nSPS) is 19.0. The maximum Gasteiger partial charge on any atom is 0.573 e. The summed E-state index contributed by atoms with van der Waals surface area (Å²) in [7, 11) is 0.